The fourth-order valence-corrected chi connectivity index (χ4v) is 5.10. The third kappa shape index (κ3) is 3.93. The Kier molecular flexibility index (Phi) is 5.78. The molecule has 178 valence electrons. The zero-order chi connectivity index (χ0) is 24.7. The van der Waals surface area contributed by atoms with Crippen LogP contribution in [0.4, 0.5) is 5.13 Å². The lowest BCUT2D eigenvalue weighted by atomic mass is 9.99. The van der Waals surface area contributed by atoms with E-state index in [4.69, 9.17) is 13.9 Å². The Balaban J connectivity index is 1.68. The standard InChI is InChI=1S/C26H22N2O6S/c1-4-33-17-9-10-18-20(13-17)35-26(27-18)28-22(19-11-8-14(2)34-19)21(24(30)25(28)31)23(29)15-6-5-7-16(12-15)32-3/h5-13,22,29H,4H2,1-3H3. The highest BCUT2D eigenvalue weighted by molar-refractivity contribution is 7.22. The minimum atomic E-state index is -0.984. The molecular formula is C26H22N2O6S. The summed E-state index contributed by atoms with van der Waals surface area (Å²) in [5.41, 5.74) is 0.936. The van der Waals surface area contributed by atoms with E-state index >= 15 is 0 Å². The Hall–Kier alpha value is -4.11. The Bertz CT molecular complexity index is 1480. The molecule has 2 aromatic carbocycles. The van der Waals surface area contributed by atoms with Gasteiger partial charge in [0.05, 0.1) is 29.5 Å². The molecule has 0 aliphatic carbocycles. The van der Waals surface area contributed by atoms with Crippen molar-refractivity contribution in [1.82, 2.24) is 4.98 Å². The molecule has 35 heavy (non-hydrogen) atoms. The molecule has 5 rings (SSSR count). The van der Waals surface area contributed by atoms with Gasteiger partial charge in [-0.05, 0) is 56.3 Å². The lowest BCUT2D eigenvalue weighted by Gasteiger charge is -2.20. The molecule has 8 nitrogen and oxygen atoms in total. The van der Waals surface area contributed by atoms with Crippen LogP contribution in [0, 0.1) is 6.92 Å². The molecule has 9 heteroatoms. The number of benzene rings is 2. The topological polar surface area (TPSA) is 102 Å². The van der Waals surface area contributed by atoms with Crippen molar-refractivity contribution in [3.8, 4) is 11.5 Å². The molecule has 3 heterocycles. The highest BCUT2D eigenvalue weighted by Gasteiger charge is 2.49. The molecule has 2 aromatic heterocycles. The van der Waals surface area contributed by atoms with Crippen LogP contribution in [0.3, 0.4) is 0 Å². The van der Waals surface area contributed by atoms with E-state index in [1.54, 1.807) is 55.5 Å². The van der Waals surface area contributed by atoms with Gasteiger partial charge in [-0.15, -0.1) is 0 Å². The quantitative estimate of drug-likeness (QED) is 0.224. The zero-order valence-electron chi connectivity index (χ0n) is 19.3. The average Bonchev–Trinajstić information content (AvgIpc) is 3.54. The van der Waals surface area contributed by atoms with Gasteiger partial charge >= 0.3 is 5.91 Å². The number of ketones is 1. The average molecular weight is 491 g/mol. The minimum absolute atomic E-state index is 0.0770. The highest BCUT2D eigenvalue weighted by atomic mass is 32.1. The number of rotatable bonds is 6. The first kappa shape index (κ1) is 22.7. The van der Waals surface area contributed by atoms with Crippen molar-refractivity contribution < 1.29 is 28.6 Å². The Labute approximate surface area is 205 Å². The third-order valence-corrected chi connectivity index (χ3v) is 6.70. The summed E-state index contributed by atoms with van der Waals surface area (Å²) in [6.07, 6.45) is 0. The van der Waals surface area contributed by atoms with Crippen molar-refractivity contribution >= 4 is 44.1 Å². The number of ether oxygens (including phenoxy) is 2. The first-order valence-corrected chi connectivity index (χ1v) is 11.8. The van der Waals surface area contributed by atoms with Crippen molar-refractivity contribution in [2.24, 2.45) is 0 Å². The number of methoxy groups -OCH3 is 1. The number of aryl methyl sites for hydroxylation is 1. The van der Waals surface area contributed by atoms with E-state index in [1.165, 1.54) is 23.3 Å². The van der Waals surface area contributed by atoms with Gasteiger partial charge in [0.15, 0.2) is 5.13 Å². The summed E-state index contributed by atoms with van der Waals surface area (Å²) in [6, 6.07) is 14.6. The third-order valence-electron chi connectivity index (χ3n) is 5.68. The number of anilines is 1. The summed E-state index contributed by atoms with van der Waals surface area (Å²) in [6.45, 7) is 4.19. The second kappa shape index (κ2) is 8.92. The molecular weight excluding hydrogens is 468 g/mol. The second-order valence-corrected chi connectivity index (χ2v) is 8.92. The summed E-state index contributed by atoms with van der Waals surface area (Å²) in [5.74, 6) is 0.219. The van der Waals surface area contributed by atoms with Gasteiger partial charge in [-0.1, -0.05) is 23.5 Å². The van der Waals surface area contributed by atoms with Gasteiger partial charge in [-0.2, -0.15) is 0 Å². The van der Waals surface area contributed by atoms with Crippen LogP contribution in [0.1, 0.15) is 30.0 Å². The Morgan fingerprint density at radius 2 is 1.97 bits per heavy atom. The van der Waals surface area contributed by atoms with Crippen LogP contribution in [0.25, 0.3) is 16.0 Å². The molecule has 1 aliphatic heterocycles. The lowest BCUT2D eigenvalue weighted by Crippen LogP contribution is -2.29. The van der Waals surface area contributed by atoms with Crippen molar-refractivity contribution in [2.45, 2.75) is 19.9 Å². The SMILES string of the molecule is CCOc1ccc2nc(N3C(=O)C(=O)C(=C(O)c4cccc(OC)c4)C3c3ccc(C)o3)sc2c1. The molecule has 1 saturated heterocycles. The molecule has 4 aromatic rings. The number of hydrogen-bond donors (Lipinski definition) is 1. The van der Waals surface area contributed by atoms with E-state index in [2.05, 4.69) is 4.98 Å². The first-order chi connectivity index (χ1) is 16.9. The molecule has 1 fully saturated rings. The number of fused-ring (bicyclic) bond motifs is 1. The van der Waals surface area contributed by atoms with Gasteiger partial charge in [0.2, 0.25) is 0 Å². The number of hydrogen-bond acceptors (Lipinski definition) is 8. The summed E-state index contributed by atoms with van der Waals surface area (Å²) in [7, 11) is 1.51. The number of aliphatic hydroxyl groups is 1. The maximum Gasteiger partial charge on any atom is 0.302 e. The summed E-state index contributed by atoms with van der Waals surface area (Å²) in [4.78, 5) is 32.5. The fraction of sp³-hybridized carbons (Fsp3) is 0.192. The largest absolute Gasteiger partial charge is 0.507 e. The molecule has 0 bridgehead atoms. The van der Waals surface area contributed by atoms with Crippen molar-refractivity contribution in [3.05, 3.63) is 77.3 Å². The number of nitrogens with zero attached hydrogens (tertiary/aromatic N) is 2. The van der Waals surface area contributed by atoms with E-state index < -0.39 is 17.7 Å². The van der Waals surface area contributed by atoms with Gasteiger partial charge in [-0.3, -0.25) is 14.5 Å². The Morgan fingerprint density at radius 1 is 1.14 bits per heavy atom. The van der Waals surface area contributed by atoms with Gasteiger partial charge in [0.25, 0.3) is 5.78 Å². The van der Waals surface area contributed by atoms with E-state index in [1.807, 2.05) is 13.0 Å². The molecule has 0 radical (unpaired) electrons. The molecule has 1 aliphatic rings. The number of aromatic nitrogens is 1. The molecule has 0 saturated carbocycles. The Morgan fingerprint density at radius 3 is 2.69 bits per heavy atom. The summed E-state index contributed by atoms with van der Waals surface area (Å²) in [5, 5.41) is 11.5. The van der Waals surface area contributed by atoms with Gasteiger partial charge in [0, 0.05) is 5.56 Å². The second-order valence-electron chi connectivity index (χ2n) is 7.91. The lowest BCUT2D eigenvalue weighted by molar-refractivity contribution is -0.132. The number of Topliss-reactive ketones (excluding diaryl/α,β-unsaturated/α-hetero) is 1. The number of carbonyl (C=O) groups is 2. The number of aliphatic hydroxyl groups excluding tert-OH is 1. The summed E-state index contributed by atoms with van der Waals surface area (Å²) < 4.78 is 17.5. The van der Waals surface area contributed by atoms with Crippen LogP contribution >= 0.6 is 11.3 Å². The maximum atomic E-state index is 13.3. The maximum absolute atomic E-state index is 13.3. The number of thiazole rings is 1. The molecule has 0 spiro atoms. The van der Waals surface area contributed by atoms with E-state index in [0.717, 1.165) is 4.70 Å². The zero-order valence-corrected chi connectivity index (χ0v) is 20.1. The highest BCUT2D eigenvalue weighted by Crippen LogP contribution is 2.45. The van der Waals surface area contributed by atoms with Gasteiger partial charge in [0.1, 0.15) is 34.8 Å². The van der Waals surface area contributed by atoms with Crippen LogP contribution in [-0.2, 0) is 9.59 Å². The minimum Gasteiger partial charge on any atom is -0.507 e. The predicted molar refractivity (Wildman–Crippen MR) is 132 cm³/mol. The van der Waals surface area contributed by atoms with Crippen LogP contribution < -0.4 is 14.4 Å². The van der Waals surface area contributed by atoms with Crippen LogP contribution in [-0.4, -0.2) is 35.5 Å². The fourth-order valence-electron chi connectivity index (χ4n) is 4.08. The van der Waals surface area contributed by atoms with Crippen LogP contribution in [0.15, 0.2) is 64.6 Å². The first-order valence-electron chi connectivity index (χ1n) is 11.0. The van der Waals surface area contributed by atoms with E-state index in [9.17, 15) is 14.7 Å². The van der Waals surface area contributed by atoms with Crippen molar-refractivity contribution in [2.75, 3.05) is 18.6 Å². The van der Waals surface area contributed by atoms with E-state index in [-0.39, 0.29) is 11.3 Å². The van der Waals surface area contributed by atoms with Crippen LogP contribution in [0.2, 0.25) is 0 Å². The van der Waals surface area contributed by atoms with Crippen LogP contribution in [0.5, 0.6) is 11.5 Å². The molecule has 1 unspecified atom stereocenters. The number of furan rings is 1. The number of carbonyl (C=O) groups excluding carboxylic acids is 2. The predicted octanol–water partition coefficient (Wildman–Crippen LogP) is 5.23. The van der Waals surface area contributed by atoms with Crippen molar-refractivity contribution in [1.29, 1.82) is 0 Å². The molecule has 1 amide bonds. The smallest absolute Gasteiger partial charge is 0.302 e. The van der Waals surface area contributed by atoms with E-state index in [0.29, 0.717) is 45.8 Å². The molecule has 1 atom stereocenters. The normalized spacial score (nSPS) is 17.3. The van der Waals surface area contributed by atoms with Gasteiger partial charge < -0.3 is 19.0 Å². The number of amides is 1. The summed E-state index contributed by atoms with van der Waals surface area (Å²) >= 11 is 1.26. The van der Waals surface area contributed by atoms with Gasteiger partial charge in [-0.25, -0.2) is 4.98 Å². The van der Waals surface area contributed by atoms with Crippen molar-refractivity contribution in [3.63, 3.8) is 0 Å². The monoisotopic (exact) mass is 490 g/mol. The molecule has 1 N–H and O–H groups in total.